The second-order valence-corrected chi connectivity index (χ2v) is 8.33. The predicted molar refractivity (Wildman–Crippen MR) is 84.1 cm³/mol. The predicted octanol–water partition coefficient (Wildman–Crippen LogP) is 4.26. The molecule has 1 aliphatic rings. The van der Waals surface area contributed by atoms with E-state index in [1.54, 1.807) is 0 Å². The number of hydrogen-bond donors (Lipinski definition) is 0. The second kappa shape index (κ2) is 4.36. The molecule has 0 spiro atoms. The first-order valence-corrected chi connectivity index (χ1v) is 8.30. The molecule has 0 fully saturated rings. The van der Waals surface area contributed by atoms with Gasteiger partial charge in [0.05, 0.1) is 10.6 Å². The molecule has 20 heavy (non-hydrogen) atoms. The van der Waals surface area contributed by atoms with Crippen LogP contribution in [0.15, 0.2) is 48.3 Å². The van der Waals surface area contributed by atoms with Crippen molar-refractivity contribution in [3.63, 3.8) is 0 Å². The average molecular weight is 284 g/mol. The van der Waals surface area contributed by atoms with E-state index in [2.05, 4.69) is 6.58 Å². The van der Waals surface area contributed by atoms with E-state index in [1.165, 1.54) is 0 Å². The molecule has 1 aliphatic heterocycles. The summed E-state index contributed by atoms with van der Waals surface area (Å²) in [5, 5.41) is 2.23. The van der Waals surface area contributed by atoms with E-state index in [0.717, 1.165) is 21.7 Å². The van der Waals surface area contributed by atoms with Gasteiger partial charge in [-0.15, -0.1) is 0 Å². The first-order valence-electron chi connectivity index (χ1n) is 6.59. The summed E-state index contributed by atoms with van der Waals surface area (Å²) in [7, 11) is -2.84. The smallest absolute Gasteiger partial charge is 0.173 e. The molecule has 0 unspecified atom stereocenters. The molecule has 102 valence electrons. The summed E-state index contributed by atoms with van der Waals surface area (Å²) in [6, 6.07) is 11.6. The highest BCUT2D eigenvalue weighted by Crippen LogP contribution is 2.57. The van der Waals surface area contributed by atoms with E-state index < -0.39 is 7.14 Å². The van der Waals surface area contributed by atoms with Crippen molar-refractivity contribution in [3.05, 3.63) is 59.4 Å². The van der Waals surface area contributed by atoms with Crippen LogP contribution in [0.4, 0.5) is 0 Å². The maximum absolute atomic E-state index is 13.7. The van der Waals surface area contributed by atoms with Crippen molar-refractivity contribution < 1.29 is 9.30 Å². The molecule has 0 radical (unpaired) electrons. The maximum atomic E-state index is 13.7. The van der Waals surface area contributed by atoms with Crippen LogP contribution < -0.4 is 15.3 Å². The zero-order chi connectivity index (χ0) is 14.5. The largest absolute Gasteiger partial charge is 0.456 e. The molecule has 0 N–H and O–H groups in total. The van der Waals surface area contributed by atoms with Crippen LogP contribution in [-0.4, -0.2) is 0 Å². The summed E-state index contributed by atoms with van der Waals surface area (Å²) in [5.74, 6) is 1.36. The molecular formula is C17H17O2P. The molecule has 2 aromatic rings. The van der Waals surface area contributed by atoms with Crippen LogP contribution in [0.3, 0.4) is 0 Å². The Balaban J connectivity index is 2.39. The van der Waals surface area contributed by atoms with Crippen molar-refractivity contribution in [2.45, 2.75) is 20.8 Å². The topological polar surface area (TPSA) is 26.3 Å². The lowest BCUT2D eigenvalue weighted by molar-refractivity contribution is 0.485. The Morgan fingerprint density at radius 2 is 1.45 bits per heavy atom. The Morgan fingerprint density at radius 3 is 1.85 bits per heavy atom. The van der Waals surface area contributed by atoms with E-state index in [4.69, 9.17) is 4.74 Å². The van der Waals surface area contributed by atoms with Gasteiger partial charge in [0.2, 0.25) is 0 Å². The summed E-state index contributed by atoms with van der Waals surface area (Å²) < 4.78 is 19.6. The van der Waals surface area contributed by atoms with Gasteiger partial charge >= 0.3 is 0 Å². The van der Waals surface area contributed by atoms with E-state index in [0.29, 0.717) is 16.8 Å². The van der Waals surface area contributed by atoms with Crippen molar-refractivity contribution in [3.8, 4) is 11.5 Å². The zero-order valence-electron chi connectivity index (χ0n) is 11.9. The van der Waals surface area contributed by atoms with Crippen LogP contribution in [0.2, 0.25) is 0 Å². The van der Waals surface area contributed by atoms with Gasteiger partial charge in [0, 0.05) is 0 Å². The second-order valence-electron chi connectivity index (χ2n) is 5.39. The van der Waals surface area contributed by atoms with Crippen LogP contribution in [0, 0.1) is 13.8 Å². The van der Waals surface area contributed by atoms with Crippen LogP contribution >= 0.6 is 7.14 Å². The van der Waals surface area contributed by atoms with E-state index >= 15 is 0 Å². The summed E-state index contributed by atoms with van der Waals surface area (Å²) >= 11 is 0. The molecule has 0 aliphatic carbocycles. The number of allylic oxidation sites excluding steroid dienone is 1. The van der Waals surface area contributed by atoms with Crippen molar-refractivity contribution in [2.75, 3.05) is 0 Å². The quantitative estimate of drug-likeness (QED) is 0.731. The molecule has 1 heterocycles. The van der Waals surface area contributed by atoms with Crippen LogP contribution in [-0.2, 0) is 4.57 Å². The molecule has 0 amide bonds. The molecule has 2 nitrogen and oxygen atoms in total. The molecule has 3 rings (SSSR count). The summed E-state index contributed by atoms with van der Waals surface area (Å²) in [6.45, 7) is 9.82. The molecule has 0 saturated heterocycles. The number of fused-ring (bicyclic) bond motifs is 2. The van der Waals surface area contributed by atoms with Gasteiger partial charge in [-0.05, 0) is 50.4 Å². The van der Waals surface area contributed by atoms with Gasteiger partial charge in [0.1, 0.15) is 11.5 Å². The normalized spacial score (nSPS) is 14.9. The van der Waals surface area contributed by atoms with E-state index in [-0.39, 0.29) is 0 Å². The SMILES string of the molecule is C=C(C)P1(=O)c2cc(C)ccc2Oc2ccc(C)cc21. The highest BCUT2D eigenvalue weighted by Gasteiger charge is 2.38. The fourth-order valence-electron chi connectivity index (χ4n) is 2.58. The molecule has 0 atom stereocenters. The molecule has 3 heteroatoms. The van der Waals surface area contributed by atoms with E-state index in [9.17, 15) is 4.57 Å². The highest BCUT2D eigenvalue weighted by molar-refractivity contribution is 7.82. The third-order valence-electron chi connectivity index (χ3n) is 3.66. The van der Waals surface area contributed by atoms with Crippen molar-refractivity contribution in [2.24, 2.45) is 0 Å². The number of benzene rings is 2. The summed E-state index contributed by atoms with van der Waals surface area (Å²) in [5.41, 5.74) is 2.15. The fraction of sp³-hybridized carbons (Fsp3) is 0.176. The minimum Gasteiger partial charge on any atom is -0.456 e. The van der Waals surface area contributed by atoms with Gasteiger partial charge < -0.3 is 9.30 Å². The van der Waals surface area contributed by atoms with Gasteiger partial charge in [-0.2, -0.15) is 0 Å². The lowest BCUT2D eigenvalue weighted by Crippen LogP contribution is -2.25. The zero-order valence-corrected chi connectivity index (χ0v) is 12.8. The maximum Gasteiger partial charge on any atom is 0.173 e. The standard InChI is InChI=1S/C17H17O2P/c1-11(2)20(18)16-9-12(3)5-7-14(16)19-15-8-6-13(4)10-17(15)20/h5-10H,1H2,2-4H3. The van der Waals surface area contributed by atoms with Crippen molar-refractivity contribution in [1.29, 1.82) is 0 Å². The van der Waals surface area contributed by atoms with Crippen LogP contribution in [0.5, 0.6) is 11.5 Å². The Bertz CT molecular complexity index is 719. The van der Waals surface area contributed by atoms with Crippen LogP contribution in [0.25, 0.3) is 0 Å². The van der Waals surface area contributed by atoms with Crippen molar-refractivity contribution in [1.82, 2.24) is 0 Å². The summed E-state index contributed by atoms with van der Waals surface area (Å²) in [4.78, 5) is 0. The first-order chi connectivity index (χ1) is 9.42. The van der Waals surface area contributed by atoms with Crippen molar-refractivity contribution >= 4 is 17.8 Å². The molecule has 0 aromatic heterocycles. The highest BCUT2D eigenvalue weighted by atomic mass is 31.2. The average Bonchev–Trinajstić information content (AvgIpc) is 2.40. The number of ether oxygens (including phenoxy) is 1. The molecule has 0 saturated carbocycles. The Labute approximate surface area is 119 Å². The van der Waals surface area contributed by atoms with E-state index in [1.807, 2.05) is 57.2 Å². The minimum absolute atomic E-state index is 0.679. The Hall–Kier alpha value is -1.79. The lowest BCUT2D eigenvalue weighted by atomic mass is 10.2. The third kappa shape index (κ3) is 1.76. The molecule has 2 aromatic carbocycles. The molecule has 0 bridgehead atoms. The number of hydrogen-bond acceptors (Lipinski definition) is 2. The molecular weight excluding hydrogens is 267 g/mol. The number of aryl methyl sites for hydroxylation is 2. The summed E-state index contributed by atoms with van der Waals surface area (Å²) in [6.07, 6.45) is 0. The fourth-order valence-corrected chi connectivity index (χ4v) is 5.29. The third-order valence-corrected chi connectivity index (χ3v) is 6.80. The van der Waals surface area contributed by atoms with Gasteiger partial charge in [0.15, 0.2) is 7.14 Å². The number of rotatable bonds is 1. The first kappa shape index (κ1) is 13.2. The van der Waals surface area contributed by atoms with Gasteiger partial charge in [-0.1, -0.05) is 29.8 Å². The lowest BCUT2D eigenvalue weighted by Gasteiger charge is -2.29. The van der Waals surface area contributed by atoms with Gasteiger partial charge in [-0.3, -0.25) is 0 Å². The Kier molecular flexibility index (Phi) is 2.88. The minimum atomic E-state index is -2.84. The van der Waals surface area contributed by atoms with Gasteiger partial charge in [-0.25, -0.2) is 0 Å². The Morgan fingerprint density at radius 1 is 1.00 bits per heavy atom. The van der Waals surface area contributed by atoms with Gasteiger partial charge in [0.25, 0.3) is 0 Å². The monoisotopic (exact) mass is 284 g/mol. The van der Waals surface area contributed by atoms with Crippen LogP contribution in [0.1, 0.15) is 18.1 Å².